The molecule has 4 heterocycles. The predicted molar refractivity (Wildman–Crippen MR) is 112 cm³/mol. The first-order chi connectivity index (χ1) is 14.5. The molecule has 0 aromatic carbocycles. The van der Waals surface area contributed by atoms with E-state index in [1.807, 2.05) is 47.0 Å². The third kappa shape index (κ3) is 4.39. The second-order valence-electron chi connectivity index (χ2n) is 8.21. The zero-order valence-electron chi connectivity index (χ0n) is 17.3. The van der Waals surface area contributed by atoms with Gasteiger partial charge in [-0.3, -0.25) is 19.5 Å². The third-order valence-electron chi connectivity index (χ3n) is 6.19. The molecular formula is C22H29N5O3. The number of aromatic nitrogens is 2. The minimum atomic E-state index is -0.498. The van der Waals surface area contributed by atoms with E-state index in [9.17, 15) is 14.7 Å². The molecule has 2 N–H and O–H groups in total. The number of carbonyl (C=O) groups excluding carboxylic acids is 2. The van der Waals surface area contributed by atoms with E-state index in [0.29, 0.717) is 38.3 Å². The van der Waals surface area contributed by atoms with Crippen LogP contribution in [0.3, 0.4) is 0 Å². The van der Waals surface area contributed by atoms with Gasteiger partial charge in [-0.25, -0.2) is 0 Å². The summed E-state index contributed by atoms with van der Waals surface area (Å²) in [5.74, 6) is -0.00844. The van der Waals surface area contributed by atoms with Crippen molar-refractivity contribution in [3.8, 4) is 0 Å². The topological polar surface area (TPSA) is 90.7 Å². The second kappa shape index (κ2) is 8.97. The van der Waals surface area contributed by atoms with Gasteiger partial charge in [-0.15, -0.1) is 0 Å². The van der Waals surface area contributed by atoms with Crippen molar-refractivity contribution in [3.63, 3.8) is 0 Å². The maximum atomic E-state index is 12.8. The minimum Gasteiger partial charge on any atom is -0.392 e. The highest BCUT2D eigenvalue weighted by atomic mass is 16.3. The number of nitrogens with zero attached hydrogens (tertiary/aromatic N) is 4. The molecule has 8 heteroatoms. The van der Waals surface area contributed by atoms with E-state index in [-0.39, 0.29) is 23.9 Å². The summed E-state index contributed by atoms with van der Waals surface area (Å²) in [7, 11) is 1.88. The molecule has 0 saturated carbocycles. The Labute approximate surface area is 176 Å². The summed E-state index contributed by atoms with van der Waals surface area (Å²) < 4.78 is 1.84. The van der Waals surface area contributed by atoms with E-state index in [1.54, 1.807) is 12.4 Å². The fourth-order valence-electron chi connectivity index (χ4n) is 4.56. The van der Waals surface area contributed by atoms with Crippen LogP contribution in [0.15, 0.2) is 42.9 Å². The number of likely N-dealkylation sites (tertiary alicyclic amines) is 2. The van der Waals surface area contributed by atoms with Crippen LogP contribution in [0.1, 0.15) is 35.3 Å². The maximum absolute atomic E-state index is 12.8. The summed E-state index contributed by atoms with van der Waals surface area (Å²) in [5, 5.41) is 13.2. The summed E-state index contributed by atoms with van der Waals surface area (Å²) in [6, 6.07) is 7.34. The molecule has 2 aliphatic heterocycles. The molecule has 0 bridgehead atoms. The van der Waals surface area contributed by atoms with Crippen molar-refractivity contribution >= 4 is 11.8 Å². The van der Waals surface area contributed by atoms with E-state index in [4.69, 9.17) is 0 Å². The number of hydrogen-bond donors (Lipinski definition) is 2. The number of rotatable bonds is 5. The average molecular weight is 412 g/mol. The molecule has 2 aliphatic rings. The Morgan fingerprint density at radius 3 is 2.70 bits per heavy atom. The minimum absolute atomic E-state index is 0.0492. The van der Waals surface area contributed by atoms with Crippen molar-refractivity contribution in [2.24, 2.45) is 7.05 Å². The van der Waals surface area contributed by atoms with E-state index in [2.05, 4.69) is 15.2 Å². The van der Waals surface area contributed by atoms with Gasteiger partial charge in [0.1, 0.15) is 5.69 Å². The SMILES string of the molecule is Cn1cccc1C(=O)N1CCC(N2C[C@H](O)C[C@H]2C(=O)NCc2cccnc2)CC1. The maximum Gasteiger partial charge on any atom is 0.270 e. The predicted octanol–water partition coefficient (Wildman–Crippen LogP) is 0.776. The first-order valence-corrected chi connectivity index (χ1v) is 10.5. The largest absolute Gasteiger partial charge is 0.392 e. The lowest BCUT2D eigenvalue weighted by Gasteiger charge is -2.38. The van der Waals surface area contributed by atoms with Gasteiger partial charge in [-0.05, 0) is 43.0 Å². The summed E-state index contributed by atoms with van der Waals surface area (Å²) in [4.78, 5) is 33.7. The summed E-state index contributed by atoms with van der Waals surface area (Å²) in [6.07, 6.45) is 6.87. The van der Waals surface area contributed by atoms with Crippen LogP contribution in [-0.4, -0.2) is 74.1 Å². The van der Waals surface area contributed by atoms with Crippen LogP contribution in [0, 0.1) is 0 Å². The van der Waals surface area contributed by atoms with E-state index in [1.165, 1.54) is 0 Å². The van der Waals surface area contributed by atoms with Gasteiger partial charge in [-0.1, -0.05) is 6.07 Å². The van der Waals surface area contributed by atoms with Crippen LogP contribution in [0.5, 0.6) is 0 Å². The lowest BCUT2D eigenvalue weighted by Crippen LogP contribution is -2.52. The van der Waals surface area contributed by atoms with Crippen molar-refractivity contribution in [1.82, 2.24) is 24.7 Å². The standard InChI is InChI=1S/C22H29N5O3/c1-25-9-3-5-19(25)22(30)26-10-6-17(7-11-26)27-15-18(28)12-20(27)21(29)24-14-16-4-2-8-23-13-16/h2-5,8-9,13,17-18,20,28H,6-7,10-12,14-15H2,1H3,(H,24,29)/t18-,20+/m1/s1. The molecule has 160 valence electrons. The summed E-state index contributed by atoms with van der Waals surface area (Å²) in [6.45, 7) is 2.24. The molecule has 8 nitrogen and oxygen atoms in total. The molecule has 2 atom stereocenters. The summed E-state index contributed by atoms with van der Waals surface area (Å²) in [5.41, 5.74) is 1.64. The first-order valence-electron chi connectivity index (χ1n) is 10.5. The number of β-amino-alcohol motifs (C(OH)–C–C–N with tert-alkyl or cyclic N) is 1. The van der Waals surface area contributed by atoms with Gasteiger partial charge in [0.15, 0.2) is 0 Å². The van der Waals surface area contributed by atoms with Gasteiger partial charge < -0.3 is 19.9 Å². The number of aliphatic hydroxyl groups excluding tert-OH is 1. The van der Waals surface area contributed by atoms with Crippen LogP contribution in [0.4, 0.5) is 0 Å². The molecular weight excluding hydrogens is 382 g/mol. The van der Waals surface area contributed by atoms with E-state index >= 15 is 0 Å². The van der Waals surface area contributed by atoms with Gasteiger partial charge in [0.05, 0.1) is 12.1 Å². The number of nitrogens with one attached hydrogen (secondary N) is 1. The number of pyridine rings is 1. The molecule has 2 saturated heterocycles. The Morgan fingerprint density at radius 1 is 1.23 bits per heavy atom. The Hall–Kier alpha value is -2.71. The van der Waals surface area contributed by atoms with Crippen molar-refractivity contribution in [2.45, 2.75) is 44.0 Å². The Balaban J connectivity index is 1.34. The quantitative estimate of drug-likeness (QED) is 0.759. The van der Waals surface area contributed by atoms with Gasteiger partial charge in [0.25, 0.3) is 5.91 Å². The highest BCUT2D eigenvalue weighted by Gasteiger charge is 2.41. The Morgan fingerprint density at radius 2 is 2.03 bits per heavy atom. The van der Waals surface area contributed by atoms with Crippen molar-refractivity contribution in [2.75, 3.05) is 19.6 Å². The van der Waals surface area contributed by atoms with Crippen LogP contribution in [-0.2, 0) is 18.4 Å². The van der Waals surface area contributed by atoms with Gasteiger partial charge >= 0.3 is 0 Å². The Kier molecular flexibility index (Phi) is 6.15. The van der Waals surface area contributed by atoms with Crippen LogP contribution in [0.25, 0.3) is 0 Å². The molecule has 4 rings (SSSR count). The zero-order chi connectivity index (χ0) is 21.1. The Bertz CT molecular complexity index is 876. The number of aryl methyl sites for hydroxylation is 1. The monoisotopic (exact) mass is 411 g/mol. The average Bonchev–Trinajstić information content (AvgIpc) is 3.38. The highest BCUT2D eigenvalue weighted by Crippen LogP contribution is 2.27. The fourth-order valence-corrected chi connectivity index (χ4v) is 4.56. The molecule has 0 aliphatic carbocycles. The molecule has 0 radical (unpaired) electrons. The van der Waals surface area contributed by atoms with E-state index in [0.717, 1.165) is 18.4 Å². The number of hydrogen-bond acceptors (Lipinski definition) is 5. The third-order valence-corrected chi connectivity index (χ3v) is 6.19. The van der Waals surface area contributed by atoms with Crippen molar-refractivity contribution in [3.05, 3.63) is 54.1 Å². The molecule has 30 heavy (non-hydrogen) atoms. The highest BCUT2D eigenvalue weighted by molar-refractivity contribution is 5.92. The van der Waals surface area contributed by atoms with Crippen LogP contribution in [0.2, 0.25) is 0 Å². The molecule has 2 fully saturated rings. The van der Waals surface area contributed by atoms with Gasteiger partial charge in [0, 0.05) is 57.9 Å². The van der Waals surface area contributed by atoms with Crippen molar-refractivity contribution < 1.29 is 14.7 Å². The number of amides is 2. The fraction of sp³-hybridized carbons (Fsp3) is 0.500. The number of aliphatic hydroxyl groups is 1. The van der Waals surface area contributed by atoms with Gasteiger partial charge in [-0.2, -0.15) is 0 Å². The number of carbonyl (C=O) groups is 2. The number of piperidine rings is 1. The normalized spacial score (nSPS) is 22.9. The first kappa shape index (κ1) is 20.6. The summed E-state index contributed by atoms with van der Waals surface area (Å²) >= 11 is 0. The second-order valence-corrected chi connectivity index (χ2v) is 8.21. The molecule has 0 spiro atoms. The van der Waals surface area contributed by atoms with Gasteiger partial charge in [0.2, 0.25) is 5.91 Å². The lowest BCUT2D eigenvalue weighted by atomic mass is 10.0. The molecule has 2 aromatic heterocycles. The molecule has 2 aromatic rings. The molecule has 0 unspecified atom stereocenters. The van der Waals surface area contributed by atoms with Crippen LogP contribution >= 0.6 is 0 Å². The molecule has 2 amide bonds. The van der Waals surface area contributed by atoms with Crippen molar-refractivity contribution in [1.29, 1.82) is 0 Å². The lowest BCUT2D eigenvalue weighted by molar-refractivity contribution is -0.126. The van der Waals surface area contributed by atoms with Crippen LogP contribution < -0.4 is 5.32 Å². The smallest absolute Gasteiger partial charge is 0.270 e. The van der Waals surface area contributed by atoms with E-state index < -0.39 is 6.10 Å². The zero-order valence-corrected chi connectivity index (χ0v) is 17.3.